The molecule has 0 fully saturated rings. The first-order valence-corrected chi connectivity index (χ1v) is 7.21. The molecule has 3 nitrogen and oxygen atoms in total. The van der Waals surface area contributed by atoms with Gasteiger partial charge in [-0.2, -0.15) is 0 Å². The Morgan fingerprint density at radius 2 is 2.00 bits per heavy atom. The molecule has 0 aliphatic carbocycles. The lowest BCUT2D eigenvalue weighted by atomic mass is 10.6. The van der Waals surface area contributed by atoms with Gasteiger partial charge in [0.25, 0.3) is 0 Å². The second kappa shape index (κ2) is 4.51. The highest BCUT2D eigenvalue weighted by atomic mass is 28.4. The molecule has 0 aromatic heterocycles. The standard InChI is InChI=1S/C7H17NO2Si/c1-7(9)8-5-6-10-11(2,3)4/h5-6H2,1-4H3,(H,8,9). The predicted octanol–water partition coefficient (Wildman–Crippen LogP) is 0.974. The van der Waals surface area contributed by atoms with Gasteiger partial charge in [0.15, 0.2) is 8.32 Å². The van der Waals surface area contributed by atoms with Crippen LogP contribution in [0.15, 0.2) is 0 Å². The van der Waals surface area contributed by atoms with Crippen molar-refractivity contribution in [3.05, 3.63) is 0 Å². The van der Waals surface area contributed by atoms with Crippen LogP contribution in [0.4, 0.5) is 0 Å². The fraction of sp³-hybridized carbons (Fsp3) is 0.857. The molecule has 0 bridgehead atoms. The third kappa shape index (κ3) is 9.65. The Kier molecular flexibility index (Phi) is 4.36. The lowest BCUT2D eigenvalue weighted by Crippen LogP contribution is -2.31. The Morgan fingerprint density at radius 3 is 2.36 bits per heavy atom. The van der Waals surface area contributed by atoms with E-state index in [1.54, 1.807) is 0 Å². The van der Waals surface area contributed by atoms with E-state index in [9.17, 15) is 4.79 Å². The fourth-order valence-corrected chi connectivity index (χ4v) is 1.30. The van der Waals surface area contributed by atoms with Gasteiger partial charge in [0.1, 0.15) is 0 Å². The van der Waals surface area contributed by atoms with E-state index in [0.717, 1.165) is 0 Å². The highest BCUT2D eigenvalue weighted by Gasteiger charge is 2.12. The molecule has 0 saturated heterocycles. The molecule has 0 aliphatic heterocycles. The molecule has 0 unspecified atom stereocenters. The number of amides is 1. The number of carbonyl (C=O) groups is 1. The average molecular weight is 175 g/mol. The third-order valence-corrected chi connectivity index (χ3v) is 2.08. The largest absolute Gasteiger partial charge is 0.416 e. The summed E-state index contributed by atoms with van der Waals surface area (Å²) in [5.41, 5.74) is 0. The molecule has 0 saturated carbocycles. The first-order chi connectivity index (χ1) is 4.92. The molecule has 0 aliphatic rings. The van der Waals surface area contributed by atoms with Crippen molar-refractivity contribution in [2.45, 2.75) is 26.6 Å². The third-order valence-electron chi connectivity index (χ3n) is 1.01. The molecule has 0 radical (unpaired) electrons. The van der Waals surface area contributed by atoms with Gasteiger partial charge in [-0.3, -0.25) is 4.79 Å². The van der Waals surface area contributed by atoms with Gasteiger partial charge in [0, 0.05) is 13.5 Å². The molecule has 66 valence electrons. The van der Waals surface area contributed by atoms with Gasteiger partial charge in [-0.25, -0.2) is 0 Å². The van der Waals surface area contributed by atoms with E-state index in [2.05, 4.69) is 25.0 Å². The van der Waals surface area contributed by atoms with Gasteiger partial charge in [0.05, 0.1) is 6.61 Å². The Labute approximate surface area is 69.3 Å². The SMILES string of the molecule is CC(=O)NCCO[Si](C)(C)C. The van der Waals surface area contributed by atoms with Gasteiger partial charge in [0.2, 0.25) is 5.91 Å². The van der Waals surface area contributed by atoms with E-state index < -0.39 is 8.32 Å². The van der Waals surface area contributed by atoms with Gasteiger partial charge in [-0.15, -0.1) is 0 Å². The van der Waals surface area contributed by atoms with E-state index in [1.165, 1.54) is 6.92 Å². The number of nitrogens with one attached hydrogen (secondary N) is 1. The molecule has 0 atom stereocenters. The van der Waals surface area contributed by atoms with Gasteiger partial charge >= 0.3 is 0 Å². The molecule has 1 amide bonds. The van der Waals surface area contributed by atoms with Crippen molar-refractivity contribution >= 4 is 14.2 Å². The number of rotatable bonds is 4. The topological polar surface area (TPSA) is 38.3 Å². The van der Waals surface area contributed by atoms with Crippen LogP contribution >= 0.6 is 0 Å². The molecular formula is C7H17NO2Si. The summed E-state index contributed by atoms with van der Waals surface area (Å²) in [6, 6.07) is 0. The van der Waals surface area contributed by atoms with Crippen molar-refractivity contribution in [1.29, 1.82) is 0 Å². The number of hydrogen-bond acceptors (Lipinski definition) is 2. The van der Waals surface area contributed by atoms with Crippen LogP contribution in [0.5, 0.6) is 0 Å². The van der Waals surface area contributed by atoms with Crippen LogP contribution in [0.2, 0.25) is 19.6 Å². The second-order valence-corrected chi connectivity index (χ2v) is 7.96. The van der Waals surface area contributed by atoms with E-state index in [4.69, 9.17) is 4.43 Å². The van der Waals surface area contributed by atoms with Crippen LogP contribution in [0.25, 0.3) is 0 Å². The summed E-state index contributed by atoms with van der Waals surface area (Å²) in [5.74, 6) is 0.00387. The summed E-state index contributed by atoms with van der Waals surface area (Å²) in [7, 11) is -1.38. The summed E-state index contributed by atoms with van der Waals surface area (Å²) in [6.07, 6.45) is 0. The molecule has 0 heterocycles. The average Bonchev–Trinajstić information content (AvgIpc) is 1.78. The van der Waals surface area contributed by atoms with Crippen LogP contribution in [-0.2, 0) is 9.22 Å². The predicted molar refractivity (Wildman–Crippen MR) is 48.0 cm³/mol. The second-order valence-electron chi connectivity index (χ2n) is 3.44. The smallest absolute Gasteiger partial charge is 0.216 e. The highest BCUT2D eigenvalue weighted by Crippen LogP contribution is 2.00. The van der Waals surface area contributed by atoms with Crippen LogP contribution < -0.4 is 5.32 Å². The van der Waals surface area contributed by atoms with Crippen LogP contribution in [0.1, 0.15) is 6.92 Å². The van der Waals surface area contributed by atoms with Gasteiger partial charge in [-0.05, 0) is 19.6 Å². The minimum absolute atomic E-state index is 0.00387. The molecule has 0 rings (SSSR count). The first kappa shape index (κ1) is 10.6. The Balaban J connectivity index is 3.22. The summed E-state index contributed by atoms with van der Waals surface area (Å²) in [5, 5.41) is 2.68. The van der Waals surface area contributed by atoms with Crippen molar-refractivity contribution in [2.24, 2.45) is 0 Å². The van der Waals surface area contributed by atoms with Crippen molar-refractivity contribution in [2.75, 3.05) is 13.2 Å². The van der Waals surface area contributed by atoms with Crippen LogP contribution in [-0.4, -0.2) is 27.4 Å². The maximum absolute atomic E-state index is 10.4. The molecule has 4 heteroatoms. The van der Waals surface area contributed by atoms with Gasteiger partial charge < -0.3 is 9.74 Å². The molecular weight excluding hydrogens is 158 g/mol. The van der Waals surface area contributed by atoms with Gasteiger partial charge in [-0.1, -0.05) is 0 Å². The van der Waals surface area contributed by atoms with Crippen molar-refractivity contribution in [3.63, 3.8) is 0 Å². The number of carbonyl (C=O) groups excluding carboxylic acids is 1. The molecule has 11 heavy (non-hydrogen) atoms. The van der Waals surface area contributed by atoms with Crippen molar-refractivity contribution in [3.8, 4) is 0 Å². The Bertz CT molecular complexity index is 131. The zero-order chi connectivity index (χ0) is 8.91. The highest BCUT2D eigenvalue weighted by molar-refractivity contribution is 6.69. The fourth-order valence-electron chi connectivity index (χ4n) is 0.584. The van der Waals surface area contributed by atoms with E-state index in [-0.39, 0.29) is 5.91 Å². The summed E-state index contributed by atoms with van der Waals surface area (Å²) in [6.45, 7) is 9.14. The molecule has 0 aromatic rings. The molecule has 0 aromatic carbocycles. The van der Waals surface area contributed by atoms with Crippen LogP contribution in [0, 0.1) is 0 Å². The minimum Gasteiger partial charge on any atom is -0.416 e. The minimum atomic E-state index is -1.38. The zero-order valence-electron chi connectivity index (χ0n) is 7.73. The van der Waals surface area contributed by atoms with Crippen LogP contribution in [0.3, 0.4) is 0 Å². The van der Waals surface area contributed by atoms with E-state index in [0.29, 0.717) is 13.2 Å². The summed E-state index contributed by atoms with van der Waals surface area (Å²) in [4.78, 5) is 10.4. The van der Waals surface area contributed by atoms with Crippen molar-refractivity contribution in [1.82, 2.24) is 5.32 Å². The number of hydrogen-bond donors (Lipinski definition) is 1. The quantitative estimate of drug-likeness (QED) is 0.511. The van der Waals surface area contributed by atoms with E-state index in [1.807, 2.05) is 0 Å². The summed E-state index contributed by atoms with van der Waals surface area (Å²) < 4.78 is 5.50. The zero-order valence-corrected chi connectivity index (χ0v) is 8.73. The van der Waals surface area contributed by atoms with E-state index >= 15 is 0 Å². The monoisotopic (exact) mass is 175 g/mol. The maximum Gasteiger partial charge on any atom is 0.216 e. The Hall–Kier alpha value is -0.353. The maximum atomic E-state index is 10.4. The lowest BCUT2D eigenvalue weighted by Gasteiger charge is -2.16. The molecule has 0 spiro atoms. The first-order valence-electron chi connectivity index (χ1n) is 3.80. The molecule has 1 N–H and O–H groups in total. The Morgan fingerprint density at radius 1 is 1.45 bits per heavy atom. The lowest BCUT2D eigenvalue weighted by molar-refractivity contribution is -0.119. The summed E-state index contributed by atoms with van der Waals surface area (Å²) >= 11 is 0. The normalized spacial score (nSPS) is 11.3. The van der Waals surface area contributed by atoms with Crippen molar-refractivity contribution < 1.29 is 9.22 Å².